The maximum atomic E-state index is 3.39. The van der Waals surface area contributed by atoms with E-state index in [4.69, 9.17) is 0 Å². The summed E-state index contributed by atoms with van der Waals surface area (Å²) in [5.74, 6) is 0.746. The van der Waals surface area contributed by atoms with E-state index in [2.05, 4.69) is 31.1 Å². The maximum absolute atomic E-state index is 3.39. The number of likely N-dealkylation sites (N-methyl/N-ethyl adjacent to an activating group) is 1. The van der Waals surface area contributed by atoms with Crippen molar-refractivity contribution in [1.82, 2.24) is 10.2 Å². The summed E-state index contributed by atoms with van der Waals surface area (Å²) in [6.07, 6.45) is 2.79. The van der Waals surface area contributed by atoms with Crippen molar-refractivity contribution >= 4 is 24.8 Å². The molecular weight excluding hydrogens is 219 g/mol. The van der Waals surface area contributed by atoms with E-state index in [1.54, 1.807) is 0 Å². The first kappa shape index (κ1) is 16.9. The Morgan fingerprint density at radius 1 is 1.14 bits per heavy atom. The zero-order valence-corrected chi connectivity index (χ0v) is 11.1. The zero-order valence-electron chi connectivity index (χ0n) is 9.45. The lowest BCUT2D eigenvalue weighted by molar-refractivity contribution is 0.263. The molecule has 0 aromatic rings. The molecule has 1 heterocycles. The first-order chi connectivity index (χ1) is 5.74. The van der Waals surface area contributed by atoms with Crippen LogP contribution in [0.3, 0.4) is 0 Å². The molecule has 0 aliphatic carbocycles. The highest BCUT2D eigenvalue weighted by Gasteiger charge is 2.18. The first-order valence-electron chi connectivity index (χ1n) is 5.13. The van der Waals surface area contributed by atoms with E-state index in [0.717, 1.165) is 5.92 Å². The number of nitrogens with zero attached hydrogens (tertiary/aromatic N) is 1. The Hall–Kier alpha value is 0.500. The lowest BCUT2D eigenvalue weighted by atomic mass is 10.0. The van der Waals surface area contributed by atoms with Gasteiger partial charge >= 0.3 is 0 Å². The fourth-order valence-electron chi connectivity index (χ4n) is 1.88. The minimum Gasteiger partial charge on any atom is -0.315 e. The van der Waals surface area contributed by atoms with Crippen LogP contribution in [0.25, 0.3) is 0 Å². The number of halogens is 2. The number of rotatable bonds is 4. The van der Waals surface area contributed by atoms with Crippen LogP contribution >= 0.6 is 24.8 Å². The molecule has 0 unspecified atom stereocenters. The highest BCUT2D eigenvalue weighted by atomic mass is 35.5. The van der Waals surface area contributed by atoms with E-state index in [1.807, 2.05) is 0 Å². The molecular formula is C10H24Cl2N2. The predicted molar refractivity (Wildman–Crippen MR) is 67.9 cm³/mol. The van der Waals surface area contributed by atoms with Crippen LogP contribution in [0, 0.1) is 5.92 Å². The summed E-state index contributed by atoms with van der Waals surface area (Å²) in [7, 11) is 2.07. The zero-order chi connectivity index (χ0) is 8.97. The fourth-order valence-corrected chi connectivity index (χ4v) is 1.88. The van der Waals surface area contributed by atoms with Crippen molar-refractivity contribution < 1.29 is 0 Å². The van der Waals surface area contributed by atoms with E-state index in [9.17, 15) is 0 Å². The van der Waals surface area contributed by atoms with Crippen molar-refractivity contribution in [3.05, 3.63) is 0 Å². The third-order valence-electron chi connectivity index (χ3n) is 2.83. The van der Waals surface area contributed by atoms with E-state index < -0.39 is 0 Å². The number of nitrogens with one attached hydrogen (secondary N) is 1. The summed E-state index contributed by atoms with van der Waals surface area (Å²) in [6, 6.07) is 0.670. The van der Waals surface area contributed by atoms with Gasteiger partial charge in [0.15, 0.2) is 0 Å². The molecule has 0 saturated carbocycles. The molecule has 0 amide bonds. The third kappa shape index (κ3) is 5.40. The van der Waals surface area contributed by atoms with Crippen LogP contribution in [-0.2, 0) is 0 Å². The van der Waals surface area contributed by atoms with Crippen molar-refractivity contribution in [2.24, 2.45) is 5.92 Å². The van der Waals surface area contributed by atoms with Crippen LogP contribution in [0.4, 0.5) is 0 Å². The molecule has 1 rings (SSSR count). The van der Waals surface area contributed by atoms with E-state index in [1.165, 1.54) is 32.5 Å². The van der Waals surface area contributed by atoms with Crippen LogP contribution in [0.15, 0.2) is 0 Å². The Labute approximate surface area is 101 Å². The molecule has 1 aliphatic heterocycles. The molecule has 1 aliphatic rings. The van der Waals surface area contributed by atoms with Gasteiger partial charge in [-0.2, -0.15) is 0 Å². The quantitative estimate of drug-likeness (QED) is 0.814. The van der Waals surface area contributed by atoms with Crippen LogP contribution < -0.4 is 5.32 Å². The molecule has 2 nitrogen and oxygen atoms in total. The molecule has 0 bridgehead atoms. The average molecular weight is 243 g/mol. The summed E-state index contributed by atoms with van der Waals surface area (Å²) in [4.78, 5) is 2.57. The molecule has 4 heteroatoms. The summed E-state index contributed by atoms with van der Waals surface area (Å²) in [5, 5.41) is 3.39. The van der Waals surface area contributed by atoms with Gasteiger partial charge in [0, 0.05) is 12.6 Å². The Morgan fingerprint density at radius 3 is 2.00 bits per heavy atom. The van der Waals surface area contributed by atoms with Crippen LogP contribution in [0.1, 0.15) is 26.7 Å². The van der Waals surface area contributed by atoms with Gasteiger partial charge in [0.25, 0.3) is 0 Å². The molecule has 0 aromatic carbocycles. The molecule has 1 fully saturated rings. The van der Waals surface area contributed by atoms with Gasteiger partial charge in [-0.1, -0.05) is 13.8 Å². The summed E-state index contributed by atoms with van der Waals surface area (Å²) >= 11 is 0. The first-order valence-corrected chi connectivity index (χ1v) is 5.13. The van der Waals surface area contributed by atoms with Gasteiger partial charge in [0.2, 0.25) is 0 Å². The van der Waals surface area contributed by atoms with Crippen LogP contribution in [-0.4, -0.2) is 37.6 Å². The molecule has 1 atom stereocenters. The van der Waals surface area contributed by atoms with Gasteiger partial charge in [-0.05, 0) is 38.9 Å². The maximum Gasteiger partial charge on any atom is 0.0214 e. The minimum absolute atomic E-state index is 0. The molecule has 0 aromatic heterocycles. The monoisotopic (exact) mass is 242 g/mol. The summed E-state index contributed by atoms with van der Waals surface area (Å²) in [5.41, 5.74) is 0. The standard InChI is InChI=1S/C10H22N2.2ClH/c1-9(2)10(11-3)8-12-6-4-5-7-12;;/h9-11H,4-8H2,1-3H3;2*1H/t10-;;/m1../s1. The molecule has 1 N–H and O–H groups in total. The van der Waals surface area contributed by atoms with E-state index in [0.29, 0.717) is 6.04 Å². The largest absolute Gasteiger partial charge is 0.315 e. The highest BCUT2D eigenvalue weighted by Crippen LogP contribution is 2.10. The van der Waals surface area contributed by atoms with Crippen molar-refractivity contribution in [3.8, 4) is 0 Å². The van der Waals surface area contributed by atoms with Gasteiger partial charge in [0.1, 0.15) is 0 Å². The predicted octanol–water partition coefficient (Wildman–Crippen LogP) is 2.17. The van der Waals surface area contributed by atoms with Crippen molar-refractivity contribution in [2.45, 2.75) is 32.7 Å². The van der Waals surface area contributed by atoms with Crippen molar-refractivity contribution in [2.75, 3.05) is 26.7 Å². The lowest BCUT2D eigenvalue weighted by Gasteiger charge is -2.25. The average Bonchev–Trinajstić information content (AvgIpc) is 2.51. The molecule has 0 radical (unpaired) electrons. The Morgan fingerprint density at radius 2 is 1.64 bits per heavy atom. The molecule has 88 valence electrons. The van der Waals surface area contributed by atoms with Gasteiger partial charge in [-0.15, -0.1) is 24.8 Å². The smallest absolute Gasteiger partial charge is 0.0214 e. The summed E-state index contributed by atoms with van der Waals surface area (Å²) < 4.78 is 0. The normalized spacial score (nSPS) is 18.9. The number of hydrogen-bond acceptors (Lipinski definition) is 2. The minimum atomic E-state index is 0. The van der Waals surface area contributed by atoms with Gasteiger partial charge in [0.05, 0.1) is 0 Å². The highest BCUT2D eigenvalue weighted by molar-refractivity contribution is 5.85. The topological polar surface area (TPSA) is 15.3 Å². The Balaban J connectivity index is 0. The van der Waals surface area contributed by atoms with E-state index >= 15 is 0 Å². The Kier molecular flexibility index (Phi) is 10.6. The molecule has 0 spiro atoms. The van der Waals surface area contributed by atoms with Crippen molar-refractivity contribution in [1.29, 1.82) is 0 Å². The second-order valence-corrected chi connectivity index (χ2v) is 4.15. The van der Waals surface area contributed by atoms with E-state index in [-0.39, 0.29) is 24.8 Å². The van der Waals surface area contributed by atoms with Crippen molar-refractivity contribution in [3.63, 3.8) is 0 Å². The number of likely N-dealkylation sites (tertiary alicyclic amines) is 1. The Bertz CT molecular complexity index is 125. The SMILES string of the molecule is CN[C@H](CN1CCCC1)C(C)C.Cl.Cl. The number of hydrogen-bond donors (Lipinski definition) is 1. The van der Waals surface area contributed by atoms with Crippen LogP contribution in [0.2, 0.25) is 0 Å². The third-order valence-corrected chi connectivity index (χ3v) is 2.83. The lowest BCUT2D eigenvalue weighted by Crippen LogP contribution is -2.41. The second-order valence-electron chi connectivity index (χ2n) is 4.15. The van der Waals surface area contributed by atoms with Gasteiger partial charge < -0.3 is 10.2 Å². The van der Waals surface area contributed by atoms with Crippen LogP contribution in [0.5, 0.6) is 0 Å². The second kappa shape index (κ2) is 8.78. The molecule has 14 heavy (non-hydrogen) atoms. The van der Waals surface area contributed by atoms with Gasteiger partial charge in [-0.25, -0.2) is 0 Å². The van der Waals surface area contributed by atoms with Gasteiger partial charge in [-0.3, -0.25) is 0 Å². The molecule has 1 saturated heterocycles. The fraction of sp³-hybridized carbons (Fsp3) is 1.00. The summed E-state index contributed by atoms with van der Waals surface area (Å²) in [6.45, 7) is 8.43.